The Bertz CT molecular complexity index is 603. The van der Waals surface area contributed by atoms with Crippen LogP contribution in [0.25, 0.3) is 10.8 Å². The molecule has 1 heterocycles. The monoisotopic (exact) mass is 256 g/mol. The maximum Gasteiger partial charge on any atom is 0.327 e. The molecule has 98 valence electrons. The number of hydrogen-bond donors (Lipinski definition) is 1. The van der Waals surface area contributed by atoms with Gasteiger partial charge in [0.2, 0.25) is 0 Å². The first-order valence-corrected chi connectivity index (χ1v) is 6.46. The van der Waals surface area contributed by atoms with Crippen molar-refractivity contribution in [2.75, 3.05) is 7.11 Å². The van der Waals surface area contributed by atoms with Crippen molar-refractivity contribution in [3.63, 3.8) is 0 Å². The lowest BCUT2D eigenvalue weighted by Crippen LogP contribution is -2.31. The third-order valence-electron chi connectivity index (χ3n) is 3.43. The Labute approximate surface area is 111 Å². The summed E-state index contributed by atoms with van der Waals surface area (Å²) in [5.74, 6) is -0.259. The van der Waals surface area contributed by atoms with Crippen LogP contribution in [0.15, 0.2) is 36.7 Å². The van der Waals surface area contributed by atoms with Crippen LogP contribution in [-0.2, 0) is 9.53 Å². The van der Waals surface area contributed by atoms with Gasteiger partial charge in [-0.15, -0.1) is 0 Å². The molecule has 1 aliphatic carbocycles. The Morgan fingerprint density at radius 3 is 2.89 bits per heavy atom. The Morgan fingerprint density at radius 2 is 2.16 bits per heavy atom. The maximum absolute atomic E-state index is 12.0. The molecule has 0 radical (unpaired) electrons. The number of nitrogens with zero attached hydrogens (tertiary/aromatic N) is 1. The average molecular weight is 256 g/mol. The quantitative estimate of drug-likeness (QED) is 0.852. The van der Waals surface area contributed by atoms with Gasteiger partial charge in [0.25, 0.3) is 0 Å². The van der Waals surface area contributed by atoms with Crippen molar-refractivity contribution >= 4 is 16.7 Å². The lowest BCUT2D eigenvalue weighted by Gasteiger charge is -2.18. The molecule has 1 fully saturated rings. The van der Waals surface area contributed by atoms with Gasteiger partial charge >= 0.3 is 5.97 Å². The largest absolute Gasteiger partial charge is 0.468 e. The number of hydrogen-bond acceptors (Lipinski definition) is 4. The first-order valence-electron chi connectivity index (χ1n) is 6.46. The molecule has 0 amide bonds. The van der Waals surface area contributed by atoms with E-state index in [0.29, 0.717) is 6.04 Å². The first kappa shape index (κ1) is 12.1. The van der Waals surface area contributed by atoms with Crippen LogP contribution in [-0.4, -0.2) is 24.1 Å². The van der Waals surface area contributed by atoms with Crippen molar-refractivity contribution in [1.82, 2.24) is 10.3 Å². The van der Waals surface area contributed by atoms with Gasteiger partial charge < -0.3 is 4.74 Å². The summed E-state index contributed by atoms with van der Waals surface area (Å²) in [6, 6.07) is 7.93. The van der Waals surface area contributed by atoms with Crippen molar-refractivity contribution in [2.24, 2.45) is 0 Å². The molecular formula is C15H16N2O2. The fraction of sp³-hybridized carbons (Fsp3) is 0.333. The van der Waals surface area contributed by atoms with E-state index < -0.39 is 6.04 Å². The molecule has 4 heteroatoms. The molecule has 0 spiro atoms. The van der Waals surface area contributed by atoms with E-state index in [9.17, 15) is 4.79 Å². The van der Waals surface area contributed by atoms with Crippen LogP contribution in [0.5, 0.6) is 0 Å². The van der Waals surface area contributed by atoms with Gasteiger partial charge in [0.05, 0.1) is 7.11 Å². The molecule has 1 aliphatic rings. The zero-order valence-electron chi connectivity index (χ0n) is 10.8. The highest BCUT2D eigenvalue weighted by molar-refractivity contribution is 5.90. The molecule has 0 bridgehead atoms. The normalized spacial score (nSPS) is 16.3. The first-order chi connectivity index (χ1) is 9.29. The molecule has 1 unspecified atom stereocenters. The molecular weight excluding hydrogens is 240 g/mol. The van der Waals surface area contributed by atoms with E-state index in [1.807, 2.05) is 30.5 Å². The Balaban J connectivity index is 2.05. The summed E-state index contributed by atoms with van der Waals surface area (Å²) >= 11 is 0. The number of carbonyl (C=O) groups is 1. The van der Waals surface area contributed by atoms with Crippen LogP contribution in [0.2, 0.25) is 0 Å². The molecule has 2 aromatic rings. The van der Waals surface area contributed by atoms with Crippen LogP contribution in [0.1, 0.15) is 24.4 Å². The van der Waals surface area contributed by atoms with Gasteiger partial charge in [0, 0.05) is 29.4 Å². The molecule has 1 aromatic carbocycles. The summed E-state index contributed by atoms with van der Waals surface area (Å²) in [5, 5.41) is 5.41. The molecule has 1 atom stereocenters. The molecule has 1 saturated carbocycles. The van der Waals surface area contributed by atoms with Crippen molar-refractivity contribution in [2.45, 2.75) is 24.9 Å². The third kappa shape index (κ3) is 2.44. The van der Waals surface area contributed by atoms with Gasteiger partial charge in [-0.2, -0.15) is 0 Å². The summed E-state index contributed by atoms with van der Waals surface area (Å²) in [6.45, 7) is 0. The van der Waals surface area contributed by atoms with Crippen molar-refractivity contribution in [3.8, 4) is 0 Å². The predicted molar refractivity (Wildman–Crippen MR) is 72.7 cm³/mol. The Hall–Kier alpha value is -1.94. The number of esters is 1. The SMILES string of the molecule is COC(=O)C(NC1CC1)c1cncc2ccccc12. The van der Waals surface area contributed by atoms with E-state index in [1.54, 1.807) is 6.20 Å². The lowest BCUT2D eigenvalue weighted by molar-refractivity contribution is -0.143. The predicted octanol–water partition coefficient (Wildman–Crippen LogP) is 2.20. The fourth-order valence-corrected chi connectivity index (χ4v) is 2.26. The van der Waals surface area contributed by atoms with E-state index in [4.69, 9.17) is 4.74 Å². The summed E-state index contributed by atoms with van der Waals surface area (Å²) in [4.78, 5) is 16.2. The third-order valence-corrected chi connectivity index (χ3v) is 3.43. The number of fused-ring (bicyclic) bond motifs is 1. The summed E-state index contributed by atoms with van der Waals surface area (Å²) < 4.78 is 4.92. The Morgan fingerprint density at radius 1 is 1.37 bits per heavy atom. The van der Waals surface area contributed by atoms with Crippen LogP contribution in [0, 0.1) is 0 Å². The van der Waals surface area contributed by atoms with Gasteiger partial charge in [-0.05, 0) is 18.2 Å². The van der Waals surface area contributed by atoms with Gasteiger partial charge in [0.15, 0.2) is 0 Å². The van der Waals surface area contributed by atoms with Gasteiger partial charge in [-0.3, -0.25) is 10.3 Å². The number of carbonyl (C=O) groups excluding carboxylic acids is 1. The second kappa shape index (κ2) is 4.97. The molecule has 3 rings (SSSR count). The minimum Gasteiger partial charge on any atom is -0.468 e. The lowest BCUT2D eigenvalue weighted by atomic mass is 10.0. The van der Waals surface area contributed by atoms with Crippen molar-refractivity contribution < 1.29 is 9.53 Å². The van der Waals surface area contributed by atoms with Gasteiger partial charge in [-0.1, -0.05) is 24.3 Å². The summed E-state index contributed by atoms with van der Waals surface area (Å²) in [7, 11) is 1.42. The number of pyridine rings is 1. The van der Waals surface area contributed by atoms with E-state index >= 15 is 0 Å². The number of ether oxygens (including phenoxy) is 1. The highest BCUT2D eigenvalue weighted by Crippen LogP contribution is 2.28. The van der Waals surface area contributed by atoms with E-state index in [1.165, 1.54) is 7.11 Å². The van der Waals surface area contributed by atoms with Gasteiger partial charge in [0.1, 0.15) is 6.04 Å². The highest BCUT2D eigenvalue weighted by atomic mass is 16.5. The van der Waals surface area contributed by atoms with E-state index in [2.05, 4.69) is 10.3 Å². The fourth-order valence-electron chi connectivity index (χ4n) is 2.26. The maximum atomic E-state index is 12.0. The number of methoxy groups -OCH3 is 1. The topological polar surface area (TPSA) is 51.2 Å². The average Bonchev–Trinajstić information content (AvgIpc) is 3.27. The number of rotatable bonds is 4. The minimum absolute atomic E-state index is 0.259. The Kier molecular flexibility index (Phi) is 3.17. The molecule has 4 nitrogen and oxygen atoms in total. The zero-order valence-corrected chi connectivity index (χ0v) is 10.8. The van der Waals surface area contributed by atoms with Crippen LogP contribution in [0.3, 0.4) is 0 Å². The van der Waals surface area contributed by atoms with Gasteiger partial charge in [-0.25, -0.2) is 4.79 Å². The molecule has 1 aromatic heterocycles. The van der Waals surface area contributed by atoms with Crippen LogP contribution < -0.4 is 5.32 Å². The number of aromatic nitrogens is 1. The second-order valence-corrected chi connectivity index (χ2v) is 4.85. The number of benzene rings is 1. The van der Waals surface area contributed by atoms with Crippen LogP contribution in [0.4, 0.5) is 0 Å². The summed E-state index contributed by atoms with van der Waals surface area (Å²) in [5.41, 5.74) is 0.886. The molecule has 0 saturated heterocycles. The highest BCUT2D eigenvalue weighted by Gasteiger charge is 2.31. The zero-order chi connectivity index (χ0) is 13.2. The van der Waals surface area contributed by atoms with E-state index in [-0.39, 0.29) is 5.97 Å². The number of nitrogens with one attached hydrogen (secondary N) is 1. The molecule has 19 heavy (non-hydrogen) atoms. The van der Waals surface area contributed by atoms with Crippen molar-refractivity contribution in [3.05, 3.63) is 42.2 Å². The van der Waals surface area contributed by atoms with Crippen LogP contribution >= 0.6 is 0 Å². The minimum atomic E-state index is -0.434. The second-order valence-electron chi connectivity index (χ2n) is 4.85. The van der Waals surface area contributed by atoms with Crippen molar-refractivity contribution in [1.29, 1.82) is 0 Å². The van der Waals surface area contributed by atoms with E-state index in [0.717, 1.165) is 29.2 Å². The smallest absolute Gasteiger partial charge is 0.327 e. The standard InChI is InChI=1S/C15H16N2O2/c1-19-15(18)14(17-11-6-7-11)13-9-16-8-10-4-2-3-5-12(10)13/h2-5,8-9,11,14,17H,6-7H2,1H3. The molecule has 0 aliphatic heterocycles. The summed E-state index contributed by atoms with van der Waals surface area (Å²) in [6.07, 6.45) is 5.79. The molecule has 1 N–H and O–H groups in total.